The molecule has 18 heavy (non-hydrogen) atoms. The molecule has 0 fully saturated rings. The summed E-state index contributed by atoms with van der Waals surface area (Å²) in [7, 11) is 0. The molecule has 5 heteroatoms. The molecule has 0 spiro atoms. The molecule has 1 heterocycles. The number of halogens is 1. The van der Waals surface area contributed by atoms with Crippen molar-refractivity contribution in [2.45, 2.75) is 18.2 Å². The van der Waals surface area contributed by atoms with Gasteiger partial charge < -0.3 is 5.11 Å². The van der Waals surface area contributed by atoms with Crippen LogP contribution in [0, 0.1) is 0 Å². The summed E-state index contributed by atoms with van der Waals surface area (Å²) in [6.45, 7) is 1.84. The topological polar surface area (TPSA) is 59.3 Å². The number of rotatable bonds is 2. The fourth-order valence-corrected chi connectivity index (χ4v) is 2.01. The molecule has 0 saturated heterocycles. The van der Waals surface area contributed by atoms with Crippen LogP contribution in [0.3, 0.4) is 0 Å². The minimum atomic E-state index is -0.444. The molecule has 1 aromatic carbocycles. The number of phenols is 1. The van der Waals surface area contributed by atoms with Gasteiger partial charge in [-0.1, -0.05) is 35.0 Å². The Labute approximate surface area is 112 Å². The molecular formula is C13H12BrNO3. The quantitative estimate of drug-likeness (QED) is 0.867. The van der Waals surface area contributed by atoms with Gasteiger partial charge in [0.15, 0.2) is 0 Å². The van der Waals surface area contributed by atoms with Crippen LogP contribution in [0.2, 0.25) is 0 Å². The van der Waals surface area contributed by atoms with Gasteiger partial charge in [0.1, 0.15) is 11.3 Å². The number of nitrogens with zero attached hydrogens (tertiary/aromatic N) is 1. The van der Waals surface area contributed by atoms with E-state index in [0.29, 0.717) is 11.8 Å². The van der Waals surface area contributed by atoms with E-state index in [0.717, 1.165) is 4.57 Å². The Morgan fingerprint density at radius 3 is 2.78 bits per heavy atom. The summed E-state index contributed by atoms with van der Waals surface area (Å²) in [5.74, 6) is -0.441. The second kappa shape index (κ2) is 4.94. The van der Waals surface area contributed by atoms with Crippen LogP contribution in [0.15, 0.2) is 35.1 Å². The van der Waals surface area contributed by atoms with Crippen molar-refractivity contribution >= 4 is 32.7 Å². The summed E-state index contributed by atoms with van der Waals surface area (Å²) in [5, 5.41) is 10.5. The van der Waals surface area contributed by atoms with Crippen molar-refractivity contribution in [3.63, 3.8) is 0 Å². The zero-order valence-corrected chi connectivity index (χ0v) is 11.3. The van der Waals surface area contributed by atoms with Crippen LogP contribution in [0.1, 0.15) is 18.1 Å². The van der Waals surface area contributed by atoms with Crippen LogP contribution in [0.5, 0.6) is 5.75 Å². The molecule has 0 amide bonds. The Morgan fingerprint density at radius 2 is 2.11 bits per heavy atom. The molecule has 2 aromatic rings. The Kier molecular flexibility index (Phi) is 3.52. The van der Waals surface area contributed by atoms with Crippen LogP contribution in [0.25, 0.3) is 10.9 Å². The lowest BCUT2D eigenvalue weighted by molar-refractivity contribution is 0.0912. The highest BCUT2D eigenvalue weighted by molar-refractivity contribution is 9.10. The van der Waals surface area contributed by atoms with Gasteiger partial charge in [-0.3, -0.25) is 9.59 Å². The summed E-state index contributed by atoms with van der Waals surface area (Å²) in [6, 6.07) is 7.79. The van der Waals surface area contributed by atoms with Gasteiger partial charge in [-0.2, -0.15) is 0 Å². The predicted molar refractivity (Wildman–Crippen MR) is 73.5 cm³/mol. The van der Waals surface area contributed by atoms with Gasteiger partial charge in [0.05, 0.1) is 4.83 Å². The maximum Gasteiger partial charge on any atom is 0.257 e. The second-order valence-electron chi connectivity index (χ2n) is 3.94. The zero-order valence-electron chi connectivity index (χ0n) is 9.76. The van der Waals surface area contributed by atoms with E-state index in [1.807, 2.05) is 6.92 Å². The average molecular weight is 310 g/mol. The Balaban J connectivity index is 2.80. The number of hydrogen-bond donors (Lipinski definition) is 1. The first kappa shape index (κ1) is 12.8. The van der Waals surface area contributed by atoms with Crippen LogP contribution in [-0.2, 0) is 0 Å². The molecule has 1 unspecified atom stereocenters. The number of para-hydroxylation sites is 1. The monoisotopic (exact) mass is 309 g/mol. The molecule has 4 nitrogen and oxygen atoms in total. The summed E-state index contributed by atoms with van der Waals surface area (Å²) in [4.78, 5) is 23.6. The third-order valence-electron chi connectivity index (χ3n) is 2.74. The van der Waals surface area contributed by atoms with Crippen molar-refractivity contribution in [2.75, 3.05) is 0 Å². The largest absolute Gasteiger partial charge is 0.506 e. The summed E-state index contributed by atoms with van der Waals surface area (Å²) in [5.41, 5.74) is -0.181. The lowest BCUT2D eigenvalue weighted by Gasteiger charge is -2.12. The molecule has 94 valence electrons. The van der Waals surface area contributed by atoms with Crippen molar-refractivity contribution in [2.24, 2.45) is 0 Å². The molecule has 0 radical (unpaired) electrons. The maximum absolute atomic E-state index is 12.2. The number of alkyl halides is 1. The van der Waals surface area contributed by atoms with Crippen LogP contribution >= 0.6 is 15.9 Å². The van der Waals surface area contributed by atoms with Gasteiger partial charge >= 0.3 is 0 Å². The summed E-state index contributed by atoms with van der Waals surface area (Å²) in [6.07, 6.45) is 0.565. The van der Waals surface area contributed by atoms with Gasteiger partial charge in [-0.05, 0) is 18.6 Å². The first-order valence-electron chi connectivity index (χ1n) is 5.58. The fraction of sp³-hybridized carbons (Fsp3) is 0.231. The van der Waals surface area contributed by atoms with E-state index >= 15 is 0 Å². The van der Waals surface area contributed by atoms with Crippen molar-refractivity contribution in [3.05, 3.63) is 40.7 Å². The van der Waals surface area contributed by atoms with Crippen LogP contribution in [0.4, 0.5) is 0 Å². The molecule has 0 aliphatic carbocycles. The zero-order chi connectivity index (χ0) is 13.3. The van der Waals surface area contributed by atoms with Crippen LogP contribution < -0.4 is 5.56 Å². The van der Waals surface area contributed by atoms with E-state index in [4.69, 9.17) is 0 Å². The third kappa shape index (κ3) is 2.06. The second-order valence-corrected chi connectivity index (χ2v) is 5.04. The standard InChI is InChI=1S/C13H12BrNO3/c1-2-9(14)13(18)15-11(17)7-6-8-4-3-5-10(16)12(8)15/h3-7,9,16H,2H2,1H3. The molecule has 2 rings (SSSR count). The Hall–Kier alpha value is -1.62. The molecule has 1 N–H and O–H groups in total. The third-order valence-corrected chi connectivity index (χ3v) is 3.78. The van der Waals surface area contributed by atoms with E-state index < -0.39 is 10.4 Å². The lowest BCUT2D eigenvalue weighted by Crippen LogP contribution is -2.31. The van der Waals surface area contributed by atoms with E-state index in [9.17, 15) is 14.7 Å². The smallest absolute Gasteiger partial charge is 0.257 e. The van der Waals surface area contributed by atoms with Gasteiger partial charge in [0.2, 0.25) is 5.91 Å². The SMILES string of the molecule is CCC(Br)C(=O)n1c(=O)ccc2cccc(O)c21. The Morgan fingerprint density at radius 1 is 1.39 bits per heavy atom. The van der Waals surface area contributed by atoms with Gasteiger partial charge in [-0.15, -0.1) is 0 Å². The van der Waals surface area contributed by atoms with Crippen molar-refractivity contribution < 1.29 is 9.90 Å². The molecular weight excluding hydrogens is 298 g/mol. The van der Waals surface area contributed by atoms with Gasteiger partial charge in [0, 0.05) is 11.5 Å². The number of aromatic nitrogens is 1. The van der Waals surface area contributed by atoms with Gasteiger partial charge in [-0.25, -0.2) is 4.57 Å². The molecule has 0 bridgehead atoms. The minimum Gasteiger partial charge on any atom is -0.506 e. The predicted octanol–water partition coefficient (Wildman–Crippen LogP) is 2.52. The van der Waals surface area contributed by atoms with Crippen LogP contribution in [-0.4, -0.2) is 20.4 Å². The number of fused-ring (bicyclic) bond motifs is 1. The molecule has 0 aliphatic heterocycles. The van der Waals surface area contributed by atoms with Crippen molar-refractivity contribution in [1.29, 1.82) is 0 Å². The molecule has 1 aromatic heterocycles. The normalized spacial score (nSPS) is 12.6. The lowest BCUT2D eigenvalue weighted by atomic mass is 10.2. The number of pyridine rings is 1. The number of benzene rings is 1. The number of hydrogen-bond acceptors (Lipinski definition) is 3. The first-order valence-corrected chi connectivity index (χ1v) is 6.50. The van der Waals surface area contributed by atoms with E-state index in [1.165, 1.54) is 12.1 Å². The maximum atomic E-state index is 12.2. The number of aromatic hydroxyl groups is 1. The fourth-order valence-electron chi connectivity index (χ4n) is 1.81. The highest BCUT2D eigenvalue weighted by Crippen LogP contribution is 2.23. The number of carbonyl (C=O) groups excluding carboxylic acids is 1. The van der Waals surface area contributed by atoms with Gasteiger partial charge in [0.25, 0.3) is 5.56 Å². The highest BCUT2D eigenvalue weighted by Gasteiger charge is 2.19. The number of carbonyl (C=O) groups is 1. The molecule has 1 atom stereocenters. The summed E-state index contributed by atoms with van der Waals surface area (Å²) < 4.78 is 1.02. The molecule has 0 saturated carbocycles. The van der Waals surface area contributed by atoms with E-state index in [1.54, 1.807) is 18.2 Å². The van der Waals surface area contributed by atoms with Crippen molar-refractivity contribution in [1.82, 2.24) is 4.57 Å². The summed E-state index contributed by atoms with van der Waals surface area (Å²) >= 11 is 3.23. The first-order chi connectivity index (χ1) is 8.56. The molecule has 0 aliphatic rings. The van der Waals surface area contributed by atoms with E-state index in [2.05, 4.69) is 15.9 Å². The van der Waals surface area contributed by atoms with Crippen molar-refractivity contribution in [3.8, 4) is 5.75 Å². The highest BCUT2D eigenvalue weighted by atomic mass is 79.9. The average Bonchev–Trinajstić information content (AvgIpc) is 2.38. The number of phenolic OH excluding ortho intramolecular Hbond substituents is 1. The Bertz CT molecular complexity index is 663. The minimum absolute atomic E-state index is 0.0747. The van der Waals surface area contributed by atoms with E-state index in [-0.39, 0.29) is 17.2 Å².